The Morgan fingerprint density at radius 2 is 1.88 bits per heavy atom. The van der Waals surface area contributed by atoms with Gasteiger partial charge in [0.1, 0.15) is 12.4 Å². The molecule has 0 saturated heterocycles. The number of nitrogen functional groups attached to an aromatic ring is 1. The van der Waals surface area contributed by atoms with Crippen LogP contribution in [-0.4, -0.2) is 0 Å². The summed E-state index contributed by atoms with van der Waals surface area (Å²) in [5.74, 6) is 0.921. The zero-order valence-corrected chi connectivity index (χ0v) is 9.31. The molecular weight excluding hydrogens is 198 g/mol. The van der Waals surface area contributed by atoms with Crippen molar-refractivity contribution in [3.8, 4) is 5.75 Å². The third-order valence-corrected chi connectivity index (χ3v) is 2.44. The SMILES string of the molecule is Cc1ccccc1OCc1cccc(N)c1. The summed E-state index contributed by atoms with van der Waals surface area (Å²) < 4.78 is 5.72. The molecule has 2 aromatic rings. The first-order valence-corrected chi connectivity index (χ1v) is 5.28. The number of benzene rings is 2. The topological polar surface area (TPSA) is 35.2 Å². The fourth-order valence-electron chi connectivity index (χ4n) is 1.56. The third kappa shape index (κ3) is 2.54. The Balaban J connectivity index is 2.05. The van der Waals surface area contributed by atoms with Gasteiger partial charge >= 0.3 is 0 Å². The number of para-hydroxylation sites is 1. The highest BCUT2D eigenvalue weighted by atomic mass is 16.5. The molecule has 0 atom stereocenters. The number of nitrogens with two attached hydrogens (primary N) is 1. The Labute approximate surface area is 95.7 Å². The Kier molecular flexibility index (Phi) is 3.10. The van der Waals surface area contributed by atoms with Crippen molar-refractivity contribution in [1.82, 2.24) is 0 Å². The average Bonchev–Trinajstić information content (AvgIpc) is 2.28. The lowest BCUT2D eigenvalue weighted by Gasteiger charge is -2.09. The molecular formula is C14H15NO. The van der Waals surface area contributed by atoms with Crippen molar-refractivity contribution in [3.63, 3.8) is 0 Å². The number of hydrogen-bond donors (Lipinski definition) is 1. The molecule has 2 heteroatoms. The molecule has 0 heterocycles. The van der Waals surface area contributed by atoms with Gasteiger partial charge < -0.3 is 10.5 Å². The number of ether oxygens (including phenoxy) is 1. The van der Waals surface area contributed by atoms with Gasteiger partial charge in [-0.25, -0.2) is 0 Å². The van der Waals surface area contributed by atoms with Crippen LogP contribution < -0.4 is 10.5 Å². The number of anilines is 1. The maximum Gasteiger partial charge on any atom is 0.122 e. The monoisotopic (exact) mass is 213 g/mol. The fourth-order valence-corrected chi connectivity index (χ4v) is 1.56. The van der Waals surface area contributed by atoms with E-state index in [1.54, 1.807) is 0 Å². The van der Waals surface area contributed by atoms with Gasteiger partial charge in [0.05, 0.1) is 0 Å². The van der Waals surface area contributed by atoms with Crippen LogP contribution in [0.3, 0.4) is 0 Å². The Morgan fingerprint density at radius 1 is 1.06 bits per heavy atom. The van der Waals surface area contributed by atoms with Crippen LogP contribution in [0.4, 0.5) is 5.69 Å². The second-order valence-corrected chi connectivity index (χ2v) is 3.80. The van der Waals surface area contributed by atoms with Crippen LogP contribution >= 0.6 is 0 Å². The highest BCUT2D eigenvalue weighted by Gasteiger charge is 1.98. The molecule has 0 radical (unpaired) electrons. The van der Waals surface area contributed by atoms with Crippen molar-refractivity contribution in [2.24, 2.45) is 0 Å². The molecule has 0 bridgehead atoms. The van der Waals surface area contributed by atoms with Crippen LogP contribution in [0.5, 0.6) is 5.75 Å². The van der Waals surface area contributed by atoms with Gasteiger partial charge in [0.25, 0.3) is 0 Å². The fraction of sp³-hybridized carbons (Fsp3) is 0.143. The van der Waals surface area contributed by atoms with E-state index >= 15 is 0 Å². The van der Waals surface area contributed by atoms with E-state index in [0.29, 0.717) is 6.61 Å². The van der Waals surface area contributed by atoms with E-state index in [2.05, 4.69) is 0 Å². The van der Waals surface area contributed by atoms with Gasteiger partial charge in [-0.1, -0.05) is 30.3 Å². The summed E-state index contributed by atoms with van der Waals surface area (Å²) in [4.78, 5) is 0. The van der Waals surface area contributed by atoms with Gasteiger partial charge in [-0.2, -0.15) is 0 Å². The summed E-state index contributed by atoms with van der Waals surface area (Å²) in [6.45, 7) is 2.59. The predicted octanol–water partition coefficient (Wildman–Crippen LogP) is 3.16. The van der Waals surface area contributed by atoms with E-state index in [9.17, 15) is 0 Å². The maximum absolute atomic E-state index is 5.72. The number of hydrogen-bond acceptors (Lipinski definition) is 2. The van der Waals surface area contributed by atoms with Crippen molar-refractivity contribution in [3.05, 3.63) is 59.7 Å². The zero-order valence-electron chi connectivity index (χ0n) is 9.31. The van der Waals surface area contributed by atoms with Gasteiger partial charge in [0.2, 0.25) is 0 Å². The normalized spacial score (nSPS) is 10.1. The van der Waals surface area contributed by atoms with Crippen LogP contribution in [0.15, 0.2) is 48.5 Å². The van der Waals surface area contributed by atoms with Gasteiger partial charge in [-0.15, -0.1) is 0 Å². The van der Waals surface area contributed by atoms with E-state index < -0.39 is 0 Å². The molecule has 0 aromatic heterocycles. The molecule has 2 rings (SSSR count). The predicted molar refractivity (Wildman–Crippen MR) is 66.4 cm³/mol. The minimum absolute atomic E-state index is 0.551. The standard InChI is InChI=1S/C14H15NO/c1-11-5-2-3-8-14(11)16-10-12-6-4-7-13(15)9-12/h2-9H,10,15H2,1H3. The van der Waals surface area contributed by atoms with E-state index in [1.807, 2.05) is 55.5 Å². The van der Waals surface area contributed by atoms with Crippen LogP contribution in [0.2, 0.25) is 0 Å². The highest BCUT2D eigenvalue weighted by Crippen LogP contribution is 2.18. The van der Waals surface area contributed by atoms with Crippen LogP contribution in [0, 0.1) is 6.92 Å². The first-order chi connectivity index (χ1) is 7.75. The van der Waals surface area contributed by atoms with E-state index in [4.69, 9.17) is 10.5 Å². The lowest BCUT2D eigenvalue weighted by molar-refractivity contribution is 0.304. The Morgan fingerprint density at radius 3 is 2.62 bits per heavy atom. The summed E-state index contributed by atoms with van der Waals surface area (Å²) in [5.41, 5.74) is 8.70. The van der Waals surface area contributed by atoms with Crippen molar-refractivity contribution in [2.75, 3.05) is 5.73 Å². The molecule has 2 nitrogen and oxygen atoms in total. The number of aryl methyl sites for hydroxylation is 1. The molecule has 0 aliphatic rings. The first-order valence-electron chi connectivity index (χ1n) is 5.28. The van der Waals surface area contributed by atoms with Gasteiger partial charge in [0, 0.05) is 5.69 Å². The van der Waals surface area contributed by atoms with Crippen molar-refractivity contribution >= 4 is 5.69 Å². The second kappa shape index (κ2) is 4.71. The molecule has 0 aliphatic carbocycles. The summed E-state index contributed by atoms with van der Waals surface area (Å²) in [7, 11) is 0. The van der Waals surface area contributed by atoms with Crippen LogP contribution in [0.1, 0.15) is 11.1 Å². The quantitative estimate of drug-likeness (QED) is 0.795. The van der Waals surface area contributed by atoms with Crippen molar-refractivity contribution in [2.45, 2.75) is 13.5 Å². The van der Waals surface area contributed by atoms with Gasteiger partial charge in [0.15, 0.2) is 0 Å². The molecule has 0 fully saturated rings. The summed E-state index contributed by atoms with van der Waals surface area (Å²) in [6.07, 6.45) is 0. The lowest BCUT2D eigenvalue weighted by Crippen LogP contribution is -1.97. The molecule has 2 aromatic carbocycles. The third-order valence-electron chi connectivity index (χ3n) is 2.44. The first kappa shape index (κ1) is 10.6. The summed E-state index contributed by atoms with van der Waals surface area (Å²) in [6, 6.07) is 15.7. The highest BCUT2D eigenvalue weighted by molar-refractivity contribution is 5.40. The Bertz CT molecular complexity index is 480. The molecule has 0 spiro atoms. The Hall–Kier alpha value is -1.96. The van der Waals surface area contributed by atoms with Crippen molar-refractivity contribution < 1.29 is 4.74 Å². The van der Waals surface area contributed by atoms with Gasteiger partial charge in [-0.05, 0) is 36.2 Å². The zero-order chi connectivity index (χ0) is 11.4. The molecule has 0 aliphatic heterocycles. The van der Waals surface area contributed by atoms with E-state index in [1.165, 1.54) is 0 Å². The molecule has 82 valence electrons. The smallest absolute Gasteiger partial charge is 0.122 e. The summed E-state index contributed by atoms with van der Waals surface area (Å²) in [5, 5.41) is 0. The molecule has 16 heavy (non-hydrogen) atoms. The molecule has 0 amide bonds. The minimum atomic E-state index is 0.551. The maximum atomic E-state index is 5.72. The average molecular weight is 213 g/mol. The molecule has 0 unspecified atom stereocenters. The summed E-state index contributed by atoms with van der Waals surface area (Å²) >= 11 is 0. The van der Waals surface area contributed by atoms with Gasteiger partial charge in [-0.3, -0.25) is 0 Å². The van der Waals surface area contributed by atoms with E-state index in [0.717, 1.165) is 22.6 Å². The lowest BCUT2D eigenvalue weighted by atomic mass is 10.2. The number of rotatable bonds is 3. The largest absolute Gasteiger partial charge is 0.489 e. The van der Waals surface area contributed by atoms with Crippen molar-refractivity contribution in [1.29, 1.82) is 0 Å². The van der Waals surface area contributed by atoms with E-state index in [-0.39, 0.29) is 0 Å². The molecule has 0 saturated carbocycles. The molecule has 2 N–H and O–H groups in total. The van der Waals surface area contributed by atoms with Crippen LogP contribution in [-0.2, 0) is 6.61 Å². The van der Waals surface area contributed by atoms with Crippen LogP contribution in [0.25, 0.3) is 0 Å². The minimum Gasteiger partial charge on any atom is -0.489 e. The second-order valence-electron chi connectivity index (χ2n) is 3.80.